The van der Waals surface area contributed by atoms with Crippen molar-refractivity contribution in [3.05, 3.63) is 152 Å². The van der Waals surface area contributed by atoms with Crippen LogP contribution in [-0.4, -0.2) is 62.2 Å². The Hall–Kier alpha value is -2.49. The summed E-state index contributed by atoms with van der Waals surface area (Å²) >= 11 is 0. The van der Waals surface area contributed by atoms with Crippen LogP contribution >= 0.6 is 0 Å². The number of rotatable bonds is 12. The van der Waals surface area contributed by atoms with E-state index in [4.69, 9.17) is 0 Å². The van der Waals surface area contributed by atoms with E-state index < -0.39 is 0 Å². The third-order valence-corrected chi connectivity index (χ3v) is 6.87. The molecular formula is C32H36N6Zn2. The minimum atomic E-state index is 0. The monoisotopic (exact) mass is 632 g/mol. The first-order valence-corrected chi connectivity index (χ1v) is 13.4. The van der Waals surface area contributed by atoms with Crippen LogP contribution in [0.3, 0.4) is 0 Å². The predicted molar refractivity (Wildman–Crippen MR) is 159 cm³/mol. The molecule has 1 aromatic rings. The van der Waals surface area contributed by atoms with Gasteiger partial charge in [0.25, 0.3) is 0 Å². The maximum absolute atomic E-state index is 4.30. The Morgan fingerprint density at radius 1 is 0.425 bits per heavy atom. The van der Waals surface area contributed by atoms with Gasteiger partial charge in [-0.1, -0.05) is 72.9 Å². The van der Waals surface area contributed by atoms with Gasteiger partial charge in [0.1, 0.15) is 0 Å². The fourth-order valence-electron chi connectivity index (χ4n) is 4.89. The van der Waals surface area contributed by atoms with Crippen LogP contribution in [0.4, 0.5) is 0 Å². The Bertz CT molecular complexity index is 1030. The van der Waals surface area contributed by atoms with Gasteiger partial charge in [0.15, 0.2) is 0 Å². The summed E-state index contributed by atoms with van der Waals surface area (Å²) in [5.74, 6) is 0. The zero-order valence-electron chi connectivity index (χ0n) is 23.4. The molecule has 0 N–H and O–H groups in total. The summed E-state index contributed by atoms with van der Waals surface area (Å²) in [5.41, 5.74) is 7.97. The van der Waals surface area contributed by atoms with Crippen LogP contribution in [0.2, 0.25) is 0 Å². The van der Waals surface area contributed by atoms with Gasteiger partial charge < -0.3 is 21.3 Å². The second-order valence-corrected chi connectivity index (χ2v) is 9.95. The molecule has 8 heteroatoms. The van der Waals surface area contributed by atoms with Crippen LogP contribution < -0.4 is 0 Å². The molecule has 4 aliphatic heterocycles. The molecule has 0 aromatic heterocycles. The van der Waals surface area contributed by atoms with Crippen molar-refractivity contribution in [2.24, 2.45) is 0 Å². The zero-order valence-corrected chi connectivity index (χ0v) is 29.3. The van der Waals surface area contributed by atoms with Crippen molar-refractivity contribution in [3.63, 3.8) is 0 Å². The zero-order chi connectivity index (χ0) is 25.8. The Morgan fingerprint density at radius 2 is 0.700 bits per heavy atom. The van der Waals surface area contributed by atoms with Gasteiger partial charge in [-0.2, -0.15) is 24.8 Å². The maximum atomic E-state index is 4.30. The second kappa shape index (κ2) is 17.3. The molecule has 4 heterocycles. The fraction of sp³-hybridized carbons (Fsp3) is 0.312. The number of nitrogens with zero attached hydrogens (tertiary/aromatic N) is 6. The third kappa shape index (κ3) is 10.5. The average Bonchev–Trinajstić information content (AvgIpc) is 2.96. The molecule has 198 valence electrons. The van der Waals surface area contributed by atoms with Crippen molar-refractivity contribution in [3.8, 4) is 0 Å². The molecule has 0 bridgehead atoms. The quantitative estimate of drug-likeness (QED) is 0.243. The van der Waals surface area contributed by atoms with Gasteiger partial charge in [0.2, 0.25) is 0 Å². The van der Waals surface area contributed by atoms with E-state index in [0.717, 1.165) is 65.4 Å². The maximum Gasteiger partial charge on any atom is 2.00 e. The molecule has 0 amide bonds. The van der Waals surface area contributed by atoms with E-state index in [1.54, 1.807) is 0 Å². The molecule has 0 saturated carbocycles. The Labute approximate surface area is 265 Å². The molecule has 0 unspecified atom stereocenters. The van der Waals surface area contributed by atoms with E-state index in [2.05, 4.69) is 104 Å². The van der Waals surface area contributed by atoms with Crippen molar-refractivity contribution in [2.45, 2.75) is 13.1 Å². The van der Waals surface area contributed by atoms with Gasteiger partial charge in [-0.25, -0.2) is 0 Å². The fourth-order valence-corrected chi connectivity index (χ4v) is 4.89. The minimum Gasteiger partial charge on any atom is -0.687 e. The van der Waals surface area contributed by atoms with Gasteiger partial charge in [-0.05, 0) is 33.4 Å². The first kappa shape index (κ1) is 32.0. The molecule has 0 radical (unpaired) electrons. The van der Waals surface area contributed by atoms with E-state index in [1.807, 2.05) is 24.8 Å². The molecule has 5 rings (SSSR count). The SMILES string of the molecule is C1=CC(CN(CC2=CC[N-]C=C2)Cc2ccc(CN(CC3=CC[N-]C=C3)CC3=CC[N-]C=C3)cc2)=CC[N-]1.[Zn+2].[Zn+2]. The molecular weight excluding hydrogens is 599 g/mol. The summed E-state index contributed by atoms with van der Waals surface area (Å²) in [5, 5.41) is 17.2. The molecule has 0 saturated heterocycles. The standard InChI is InChI=1S/C32H36N6.2Zn/c1-2-28(22-38(25-31-9-17-35-18-10-31)26-32-11-19-36-20-12-32)4-3-27(1)21-37(23-29-5-13-33-14-6-29)24-30-7-15-34-16-8-30;;/h1-13,15,17,19H,14,16,18,20-26H2;;/q-4;2*+2. The summed E-state index contributed by atoms with van der Waals surface area (Å²) in [6.45, 7) is 8.53. The summed E-state index contributed by atoms with van der Waals surface area (Å²) in [6, 6.07) is 9.16. The van der Waals surface area contributed by atoms with Gasteiger partial charge in [0.05, 0.1) is 0 Å². The molecule has 0 atom stereocenters. The molecule has 1 aromatic carbocycles. The predicted octanol–water partition coefficient (Wildman–Crippen LogP) is 6.60. The molecule has 0 fully saturated rings. The Balaban J connectivity index is 0.00000220. The van der Waals surface area contributed by atoms with Gasteiger partial charge in [-0.15, -0.1) is 26.2 Å². The smallest absolute Gasteiger partial charge is 0.687 e. The first-order chi connectivity index (χ1) is 18.8. The normalized spacial score (nSPS) is 17.2. The van der Waals surface area contributed by atoms with E-state index >= 15 is 0 Å². The van der Waals surface area contributed by atoms with E-state index in [-0.39, 0.29) is 39.0 Å². The minimum absolute atomic E-state index is 0. The van der Waals surface area contributed by atoms with Crippen LogP contribution in [0.25, 0.3) is 21.3 Å². The van der Waals surface area contributed by atoms with E-state index in [9.17, 15) is 0 Å². The van der Waals surface area contributed by atoms with Crippen LogP contribution in [0.1, 0.15) is 11.1 Å². The van der Waals surface area contributed by atoms with E-state index in [1.165, 1.54) is 33.4 Å². The summed E-state index contributed by atoms with van der Waals surface area (Å²) in [7, 11) is 0. The van der Waals surface area contributed by atoms with Crippen molar-refractivity contribution in [2.75, 3.05) is 52.4 Å². The van der Waals surface area contributed by atoms with Gasteiger partial charge >= 0.3 is 39.0 Å². The largest absolute Gasteiger partial charge is 2.00 e. The Morgan fingerprint density at radius 3 is 0.925 bits per heavy atom. The molecule has 0 spiro atoms. The Kier molecular flexibility index (Phi) is 13.9. The molecule has 6 nitrogen and oxygen atoms in total. The van der Waals surface area contributed by atoms with Crippen LogP contribution in [-0.2, 0) is 52.0 Å². The average molecular weight is 635 g/mol. The summed E-state index contributed by atoms with van der Waals surface area (Å²) in [6.07, 6.45) is 25.1. The molecule has 40 heavy (non-hydrogen) atoms. The van der Waals surface area contributed by atoms with Gasteiger partial charge in [-0.3, -0.25) is 9.80 Å². The summed E-state index contributed by atoms with van der Waals surface area (Å²) < 4.78 is 0. The van der Waals surface area contributed by atoms with Crippen LogP contribution in [0, 0.1) is 0 Å². The van der Waals surface area contributed by atoms with Crippen LogP contribution in [0.5, 0.6) is 0 Å². The van der Waals surface area contributed by atoms with Crippen LogP contribution in [0.15, 0.2) is 120 Å². The van der Waals surface area contributed by atoms with E-state index in [0.29, 0.717) is 0 Å². The van der Waals surface area contributed by atoms with Crippen molar-refractivity contribution in [1.82, 2.24) is 9.80 Å². The molecule has 4 aliphatic rings. The first-order valence-electron chi connectivity index (χ1n) is 13.4. The topological polar surface area (TPSA) is 62.9 Å². The van der Waals surface area contributed by atoms with Crippen molar-refractivity contribution < 1.29 is 39.0 Å². The van der Waals surface area contributed by atoms with Crippen molar-refractivity contribution in [1.29, 1.82) is 0 Å². The van der Waals surface area contributed by atoms with Crippen molar-refractivity contribution >= 4 is 0 Å². The number of benzene rings is 1. The number of hydrogen-bond acceptors (Lipinski definition) is 2. The summed E-state index contributed by atoms with van der Waals surface area (Å²) in [4.78, 5) is 5.01. The number of hydrogen-bond donors (Lipinski definition) is 0. The second-order valence-electron chi connectivity index (χ2n) is 9.95. The third-order valence-electron chi connectivity index (χ3n) is 6.87. The van der Waals surface area contributed by atoms with Gasteiger partial charge in [0, 0.05) is 39.3 Å². The molecule has 0 aliphatic carbocycles.